The lowest BCUT2D eigenvalue weighted by Crippen LogP contribution is -2.57. The van der Waals surface area contributed by atoms with Gasteiger partial charge in [-0.15, -0.1) is 35.3 Å². The maximum atomic E-state index is 5.46. The van der Waals surface area contributed by atoms with Crippen molar-refractivity contribution in [3.05, 3.63) is 22.4 Å². The van der Waals surface area contributed by atoms with Crippen LogP contribution in [0.4, 0.5) is 0 Å². The zero-order chi connectivity index (χ0) is 17.6. The van der Waals surface area contributed by atoms with E-state index in [1.807, 2.05) is 7.05 Å². The van der Waals surface area contributed by atoms with Crippen LogP contribution in [0.25, 0.3) is 0 Å². The van der Waals surface area contributed by atoms with Gasteiger partial charge < -0.3 is 15.4 Å². The van der Waals surface area contributed by atoms with Crippen LogP contribution in [0.2, 0.25) is 0 Å². The van der Waals surface area contributed by atoms with Crippen molar-refractivity contribution in [3.63, 3.8) is 0 Å². The summed E-state index contributed by atoms with van der Waals surface area (Å²) in [4.78, 5) is 8.24. The Balaban J connectivity index is 0.00000312. The maximum Gasteiger partial charge on any atom is 0.191 e. The van der Waals surface area contributed by atoms with Crippen molar-refractivity contribution in [3.8, 4) is 0 Å². The highest BCUT2D eigenvalue weighted by Crippen LogP contribution is 2.26. The quantitative estimate of drug-likeness (QED) is 0.374. The number of morpholine rings is 1. The van der Waals surface area contributed by atoms with Crippen LogP contribution in [-0.4, -0.2) is 62.8 Å². The zero-order valence-electron chi connectivity index (χ0n) is 16.1. The number of ether oxygens (including phenoxy) is 1. The second-order valence-corrected chi connectivity index (χ2v) is 8.50. The molecule has 2 heterocycles. The molecule has 0 atom stereocenters. The lowest BCUT2D eigenvalue weighted by molar-refractivity contribution is -0.00834. The largest absolute Gasteiger partial charge is 0.379 e. The number of thiophene rings is 1. The topological polar surface area (TPSA) is 48.9 Å². The van der Waals surface area contributed by atoms with Crippen molar-refractivity contribution in [1.82, 2.24) is 15.5 Å². The first-order valence-electron chi connectivity index (χ1n) is 8.66. The molecule has 2 N–H and O–H groups in total. The molecule has 1 aliphatic heterocycles. The highest BCUT2D eigenvalue weighted by atomic mass is 127. The van der Waals surface area contributed by atoms with Crippen LogP contribution in [0.3, 0.4) is 0 Å². The van der Waals surface area contributed by atoms with Crippen LogP contribution in [0.1, 0.15) is 32.6 Å². The summed E-state index contributed by atoms with van der Waals surface area (Å²) in [6.07, 6.45) is 0. The lowest BCUT2D eigenvalue weighted by Gasteiger charge is -2.41. The second-order valence-electron chi connectivity index (χ2n) is 7.55. The first-order chi connectivity index (χ1) is 11.3. The van der Waals surface area contributed by atoms with E-state index < -0.39 is 0 Å². The Morgan fingerprint density at radius 2 is 1.84 bits per heavy atom. The molecule has 1 aromatic rings. The van der Waals surface area contributed by atoms with Gasteiger partial charge in [-0.3, -0.25) is 9.89 Å². The van der Waals surface area contributed by atoms with Gasteiger partial charge >= 0.3 is 0 Å². The van der Waals surface area contributed by atoms with Gasteiger partial charge in [-0.05, 0) is 25.3 Å². The smallest absolute Gasteiger partial charge is 0.191 e. The van der Waals surface area contributed by atoms with E-state index in [0.29, 0.717) is 0 Å². The summed E-state index contributed by atoms with van der Waals surface area (Å²) in [5.41, 5.74) is 0.163. The molecule has 0 saturated carbocycles. The fourth-order valence-corrected chi connectivity index (χ4v) is 3.71. The molecule has 0 bridgehead atoms. The molecule has 1 aliphatic rings. The van der Waals surface area contributed by atoms with Gasteiger partial charge in [0.1, 0.15) is 0 Å². The Morgan fingerprint density at radius 1 is 1.20 bits per heavy atom. The van der Waals surface area contributed by atoms with E-state index in [-0.39, 0.29) is 34.9 Å². The van der Waals surface area contributed by atoms with E-state index in [9.17, 15) is 0 Å². The highest BCUT2D eigenvalue weighted by Gasteiger charge is 2.28. The third-order valence-corrected chi connectivity index (χ3v) is 5.90. The van der Waals surface area contributed by atoms with Gasteiger partial charge in [0.15, 0.2) is 5.96 Å². The fraction of sp³-hybridized carbons (Fsp3) is 0.722. The van der Waals surface area contributed by atoms with E-state index in [2.05, 4.69) is 65.7 Å². The highest BCUT2D eigenvalue weighted by molar-refractivity contribution is 14.0. The SMILES string of the molecule is CN=C(NCC(C)(C)c1cccs1)NCC(C)(C)N1CCOCC1.I. The Morgan fingerprint density at radius 3 is 2.40 bits per heavy atom. The van der Waals surface area contributed by atoms with Gasteiger partial charge in [-0.1, -0.05) is 19.9 Å². The van der Waals surface area contributed by atoms with Crippen molar-refractivity contribution in [1.29, 1.82) is 0 Å². The molecule has 2 rings (SSSR count). The standard InChI is InChI=1S/C18H32N4OS.HI/c1-17(2,15-7-6-12-24-15)13-20-16(19-5)21-14-18(3,4)22-8-10-23-11-9-22;/h6-7,12H,8-11,13-14H2,1-5H3,(H2,19,20,21);1H. The summed E-state index contributed by atoms with van der Waals surface area (Å²) in [7, 11) is 1.83. The number of nitrogens with one attached hydrogen (secondary N) is 2. The van der Waals surface area contributed by atoms with Crippen molar-refractivity contribution in [2.24, 2.45) is 4.99 Å². The molecular weight excluding hydrogens is 447 g/mol. The Bertz CT molecular complexity index is 525. The van der Waals surface area contributed by atoms with Gasteiger partial charge in [0.05, 0.1) is 13.2 Å². The number of hydrogen-bond donors (Lipinski definition) is 2. The Kier molecular flexibility index (Phi) is 9.14. The minimum atomic E-state index is 0. The molecule has 0 spiro atoms. The summed E-state index contributed by atoms with van der Waals surface area (Å²) in [6.45, 7) is 14.4. The maximum absolute atomic E-state index is 5.46. The number of nitrogens with zero attached hydrogens (tertiary/aromatic N) is 2. The molecule has 1 saturated heterocycles. The molecule has 1 fully saturated rings. The van der Waals surface area contributed by atoms with Crippen molar-refractivity contribution in [2.45, 2.75) is 38.6 Å². The summed E-state index contributed by atoms with van der Waals surface area (Å²) in [5, 5.41) is 9.09. The van der Waals surface area contributed by atoms with Gasteiger partial charge in [-0.2, -0.15) is 0 Å². The van der Waals surface area contributed by atoms with E-state index in [1.165, 1.54) is 4.88 Å². The van der Waals surface area contributed by atoms with E-state index in [0.717, 1.165) is 45.4 Å². The normalized spacial score (nSPS) is 17.1. The van der Waals surface area contributed by atoms with Crippen molar-refractivity contribution >= 4 is 41.3 Å². The van der Waals surface area contributed by atoms with Crippen LogP contribution in [0.5, 0.6) is 0 Å². The van der Waals surface area contributed by atoms with Gasteiger partial charge in [0.2, 0.25) is 0 Å². The average Bonchev–Trinajstić information content (AvgIpc) is 3.11. The second kappa shape index (κ2) is 10.1. The summed E-state index contributed by atoms with van der Waals surface area (Å²) < 4.78 is 5.46. The van der Waals surface area contributed by atoms with Gasteiger partial charge in [-0.25, -0.2) is 0 Å². The number of rotatable bonds is 6. The molecule has 7 heteroatoms. The van der Waals surface area contributed by atoms with Crippen LogP contribution in [0.15, 0.2) is 22.5 Å². The molecule has 0 amide bonds. The molecule has 1 aromatic heterocycles. The predicted molar refractivity (Wildman–Crippen MR) is 119 cm³/mol. The molecule has 5 nitrogen and oxygen atoms in total. The van der Waals surface area contributed by atoms with Crippen LogP contribution < -0.4 is 10.6 Å². The van der Waals surface area contributed by atoms with Gasteiger partial charge in [0, 0.05) is 49.1 Å². The summed E-state index contributed by atoms with van der Waals surface area (Å²) in [5.74, 6) is 0.862. The minimum Gasteiger partial charge on any atom is -0.379 e. The molecular formula is C18H33IN4OS. The third kappa shape index (κ3) is 6.69. The zero-order valence-corrected chi connectivity index (χ0v) is 19.2. The molecule has 0 radical (unpaired) electrons. The number of halogens is 1. The van der Waals surface area contributed by atoms with Crippen LogP contribution >= 0.6 is 35.3 Å². The van der Waals surface area contributed by atoms with Gasteiger partial charge in [0.25, 0.3) is 0 Å². The minimum absolute atomic E-state index is 0. The summed E-state index contributed by atoms with van der Waals surface area (Å²) >= 11 is 1.81. The van der Waals surface area contributed by atoms with E-state index >= 15 is 0 Å². The first kappa shape index (κ1) is 22.7. The number of guanidine groups is 1. The molecule has 25 heavy (non-hydrogen) atoms. The Labute approximate surface area is 173 Å². The van der Waals surface area contributed by atoms with Crippen molar-refractivity contribution in [2.75, 3.05) is 46.4 Å². The summed E-state index contributed by atoms with van der Waals surface area (Å²) in [6, 6.07) is 4.31. The number of aliphatic imine (C=N–C) groups is 1. The first-order valence-corrected chi connectivity index (χ1v) is 9.54. The molecule has 0 aromatic carbocycles. The molecule has 0 aliphatic carbocycles. The molecule has 144 valence electrons. The number of hydrogen-bond acceptors (Lipinski definition) is 4. The average molecular weight is 480 g/mol. The molecule has 0 unspecified atom stereocenters. The fourth-order valence-electron chi connectivity index (χ4n) is 2.86. The third-order valence-electron chi connectivity index (χ3n) is 4.67. The van der Waals surface area contributed by atoms with Crippen LogP contribution in [-0.2, 0) is 10.2 Å². The van der Waals surface area contributed by atoms with Crippen LogP contribution in [0, 0.1) is 0 Å². The monoisotopic (exact) mass is 480 g/mol. The predicted octanol–water partition coefficient (Wildman–Crippen LogP) is 2.92. The van der Waals surface area contributed by atoms with E-state index in [1.54, 1.807) is 11.3 Å². The Hall–Kier alpha value is -0.380. The van der Waals surface area contributed by atoms with E-state index in [4.69, 9.17) is 4.74 Å². The lowest BCUT2D eigenvalue weighted by atomic mass is 9.91. The van der Waals surface area contributed by atoms with Crippen molar-refractivity contribution < 1.29 is 4.74 Å².